The molecular weight excluding hydrogens is 408 g/mol. The summed E-state index contributed by atoms with van der Waals surface area (Å²) in [4.78, 5) is 32.0. The zero-order chi connectivity index (χ0) is 21.6. The number of ether oxygens (including phenoxy) is 1. The minimum atomic E-state index is -3.95. The van der Waals surface area contributed by atoms with Gasteiger partial charge in [0.15, 0.2) is 0 Å². The van der Waals surface area contributed by atoms with Crippen LogP contribution in [0.3, 0.4) is 0 Å². The maximum atomic E-state index is 12.2. The molecule has 0 aliphatic rings. The number of hydrogen-bond acceptors (Lipinski definition) is 8. The minimum absolute atomic E-state index is 0.0824. The third-order valence-corrected chi connectivity index (χ3v) is 5.15. The van der Waals surface area contributed by atoms with Gasteiger partial charge in [0.2, 0.25) is 15.9 Å². The molecular formula is C16H16N4O8S. The first-order valence-electron chi connectivity index (χ1n) is 8.00. The predicted molar refractivity (Wildman–Crippen MR) is 101 cm³/mol. The van der Waals surface area contributed by atoms with E-state index in [1.807, 2.05) is 0 Å². The first-order valence-corrected chi connectivity index (χ1v) is 9.49. The first-order chi connectivity index (χ1) is 13.6. The van der Waals surface area contributed by atoms with Gasteiger partial charge in [-0.1, -0.05) is 0 Å². The lowest BCUT2D eigenvalue weighted by molar-refractivity contribution is -0.385. The molecule has 0 fully saturated rings. The van der Waals surface area contributed by atoms with Crippen LogP contribution in [-0.4, -0.2) is 37.8 Å². The lowest BCUT2D eigenvalue weighted by atomic mass is 10.2. The second-order valence-corrected chi connectivity index (χ2v) is 7.36. The summed E-state index contributed by atoms with van der Waals surface area (Å²) in [5.74, 6) is -0.470. The van der Waals surface area contributed by atoms with Crippen molar-refractivity contribution < 1.29 is 27.8 Å². The highest BCUT2D eigenvalue weighted by Crippen LogP contribution is 2.29. The molecule has 12 nitrogen and oxygen atoms in total. The fourth-order valence-electron chi connectivity index (χ4n) is 2.24. The van der Waals surface area contributed by atoms with Gasteiger partial charge in [-0.3, -0.25) is 25.0 Å². The highest BCUT2D eigenvalue weighted by atomic mass is 32.2. The van der Waals surface area contributed by atoms with Gasteiger partial charge in [0.1, 0.15) is 5.75 Å². The van der Waals surface area contributed by atoms with Crippen LogP contribution in [0.5, 0.6) is 5.75 Å². The number of rotatable bonds is 9. The molecule has 0 saturated heterocycles. The van der Waals surface area contributed by atoms with Crippen molar-refractivity contribution in [1.29, 1.82) is 0 Å². The quantitative estimate of drug-likeness (QED) is 0.453. The molecule has 13 heteroatoms. The molecule has 0 aliphatic heterocycles. The summed E-state index contributed by atoms with van der Waals surface area (Å²) >= 11 is 0. The minimum Gasteiger partial charge on any atom is -0.494 e. The van der Waals surface area contributed by atoms with Gasteiger partial charge in [0.05, 0.1) is 33.6 Å². The van der Waals surface area contributed by atoms with Crippen LogP contribution in [0.1, 0.15) is 6.42 Å². The average Bonchev–Trinajstić information content (AvgIpc) is 2.68. The lowest BCUT2D eigenvalue weighted by Crippen LogP contribution is -2.27. The molecule has 154 valence electrons. The van der Waals surface area contributed by atoms with E-state index in [1.165, 1.54) is 19.2 Å². The number of sulfonamides is 1. The summed E-state index contributed by atoms with van der Waals surface area (Å²) < 4.78 is 31.5. The van der Waals surface area contributed by atoms with Crippen LogP contribution in [-0.2, 0) is 14.8 Å². The third-order valence-electron chi connectivity index (χ3n) is 3.67. The van der Waals surface area contributed by atoms with Crippen molar-refractivity contribution in [1.82, 2.24) is 4.72 Å². The number of amides is 1. The first kappa shape index (κ1) is 21.7. The smallest absolute Gasteiger partial charge is 0.273 e. The van der Waals surface area contributed by atoms with Crippen molar-refractivity contribution in [3.63, 3.8) is 0 Å². The molecule has 2 aromatic carbocycles. The average molecular weight is 424 g/mol. The van der Waals surface area contributed by atoms with E-state index < -0.39 is 25.8 Å². The van der Waals surface area contributed by atoms with Crippen LogP contribution < -0.4 is 14.8 Å². The Morgan fingerprint density at radius 2 is 1.62 bits per heavy atom. The Morgan fingerprint density at radius 1 is 1.03 bits per heavy atom. The van der Waals surface area contributed by atoms with Crippen molar-refractivity contribution in [2.24, 2.45) is 0 Å². The number of nitrogens with zero attached hydrogens (tertiary/aromatic N) is 2. The molecule has 0 aromatic heterocycles. The van der Waals surface area contributed by atoms with Crippen LogP contribution in [0.25, 0.3) is 0 Å². The van der Waals surface area contributed by atoms with E-state index in [2.05, 4.69) is 10.0 Å². The number of non-ortho nitro benzene ring substituents is 2. The fraction of sp³-hybridized carbons (Fsp3) is 0.188. The van der Waals surface area contributed by atoms with Crippen LogP contribution in [0.15, 0.2) is 47.4 Å². The fourth-order valence-corrected chi connectivity index (χ4v) is 3.27. The molecule has 2 N–H and O–H groups in total. The van der Waals surface area contributed by atoms with E-state index in [4.69, 9.17) is 4.74 Å². The van der Waals surface area contributed by atoms with Gasteiger partial charge in [-0.2, -0.15) is 0 Å². The van der Waals surface area contributed by atoms with Gasteiger partial charge >= 0.3 is 0 Å². The molecule has 1 amide bonds. The van der Waals surface area contributed by atoms with E-state index >= 15 is 0 Å². The molecule has 0 atom stereocenters. The van der Waals surface area contributed by atoms with Crippen molar-refractivity contribution in [2.75, 3.05) is 19.0 Å². The number of carbonyl (C=O) groups is 1. The van der Waals surface area contributed by atoms with Crippen LogP contribution in [0, 0.1) is 20.2 Å². The number of anilines is 1. The predicted octanol–water partition coefficient (Wildman–Crippen LogP) is 1.82. The van der Waals surface area contributed by atoms with Crippen LogP contribution in [0.4, 0.5) is 17.1 Å². The van der Waals surface area contributed by atoms with E-state index in [1.54, 1.807) is 0 Å². The number of benzene rings is 2. The molecule has 0 unspecified atom stereocenters. The topological polar surface area (TPSA) is 171 Å². The Morgan fingerprint density at radius 3 is 2.17 bits per heavy atom. The number of carbonyl (C=O) groups excluding carboxylic acids is 1. The number of hydrogen-bond donors (Lipinski definition) is 2. The molecule has 29 heavy (non-hydrogen) atoms. The highest BCUT2D eigenvalue weighted by molar-refractivity contribution is 7.89. The van der Waals surface area contributed by atoms with E-state index in [9.17, 15) is 33.4 Å². The number of methoxy groups -OCH3 is 1. The summed E-state index contributed by atoms with van der Waals surface area (Å²) in [6.45, 7) is -0.236. The van der Waals surface area contributed by atoms with Crippen LogP contribution in [0.2, 0.25) is 0 Å². The summed E-state index contributed by atoms with van der Waals surface area (Å²) in [6.07, 6.45) is -0.230. The molecule has 0 heterocycles. The lowest BCUT2D eigenvalue weighted by Gasteiger charge is -2.10. The molecule has 2 aromatic rings. The second kappa shape index (κ2) is 9.07. The molecule has 0 saturated carbocycles. The summed E-state index contributed by atoms with van der Waals surface area (Å²) in [5.41, 5.74) is -0.266. The van der Waals surface area contributed by atoms with Gasteiger partial charge in [-0.15, -0.1) is 0 Å². The van der Waals surface area contributed by atoms with Gasteiger partial charge in [-0.25, -0.2) is 13.1 Å². The van der Waals surface area contributed by atoms with Gasteiger partial charge < -0.3 is 10.1 Å². The molecule has 0 aliphatic carbocycles. The monoisotopic (exact) mass is 424 g/mol. The Bertz CT molecular complexity index is 1040. The third kappa shape index (κ3) is 5.70. The van der Waals surface area contributed by atoms with E-state index in [-0.39, 0.29) is 40.7 Å². The van der Waals surface area contributed by atoms with Crippen molar-refractivity contribution in [3.8, 4) is 5.75 Å². The normalized spacial score (nSPS) is 10.9. The summed E-state index contributed by atoms with van der Waals surface area (Å²) in [6, 6.07) is 7.92. The van der Waals surface area contributed by atoms with E-state index in [0.29, 0.717) is 0 Å². The summed E-state index contributed by atoms with van der Waals surface area (Å²) in [5, 5.41) is 23.9. The number of nitro groups is 2. The zero-order valence-electron chi connectivity index (χ0n) is 15.0. The standard InChI is InChI=1S/C16H16N4O8S/c1-28-15-10-12(20(24)25)4-7-14(15)18-16(21)8-9-17-29(26,27)13-5-2-11(3-6-13)19(22)23/h2-7,10,17H,8-9H2,1H3,(H,18,21). The van der Waals surface area contributed by atoms with Crippen molar-refractivity contribution in [2.45, 2.75) is 11.3 Å². The number of nitrogens with one attached hydrogen (secondary N) is 2. The SMILES string of the molecule is COc1cc([N+](=O)[O-])ccc1NC(=O)CCNS(=O)(=O)c1ccc([N+](=O)[O-])cc1. The Labute approximate surface area is 164 Å². The maximum absolute atomic E-state index is 12.2. The molecule has 0 radical (unpaired) electrons. The zero-order valence-corrected chi connectivity index (χ0v) is 15.8. The molecule has 2 rings (SSSR count). The summed E-state index contributed by atoms with van der Waals surface area (Å²) in [7, 11) is -2.67. The van der Waals surface area contributed by atoms with Gasteiger partial charge in [-0.05, 0) is 18.2 Å². The molecule has 0 spiro atoms. The second-order valence-electron chi connectivity index (χ2n) is 5.59. The highest BCUT2D eigenvalue weighted by Gasteiger charge is 2.17. The van der Waals surface area contributed by atoms with Crippen LogP contribution >= 0.6 is 0 Å². The Balaban J connectivity index is 1.95. The number of nitro benzene ring substituents is 2. The maximum Gasteiger partial charge on any atom is 0.273 e. The Hall–Kier alpha value is -3.58. The van der Waals surface area contributed by atoms with Gasteiger partial charge in [0.25, 0.3) is 11.4 Å². The van der Waals surface area contributed by atoms with Crippen molar-refractivity contribution >= 4 is 33.0 Å². The van der Waals surface area contributed by atoms with Crippen molar-refractivity contribution in [3.05, 3.63) is 62.7 Å². The van der Waals surface area contributed by atoms with Gasteiger partial charge in [0, 0.05) is 31.2 Å². The van der Waals surface area contributed by atoms with E-state index in [0.717, 1.165) is 30.3 Å². The Kier molecular flexibility index (Phi) is 6.80. The largest absolute Gasteiger partial charge is 0.494 e. The molecule has 0 bridgehead atoms.